The Hall–Kier alpha value is -0.710. The summed E-state index contributed by atoms with van der Waals surface area (Å²) in [7, 11) is 1.68. The number of thiophene rings is 1. The molecule has 1 N–H and O–H groups in total. The first kappa shape index (κ1) is 14.2. The molecule has 1 heterocycles. The second kappa shape index (κ2) is 5.96. The Morgan fingerprint density at radius 2 is 2.25 bits per heavy atom. The van der Waals surface area contributed by atoms with Gasteiger partial charge in [0.2, 0.25) is 0 Å². The van der Waals surface area contributed by atoms with Crippen molar-refractivity contribution in [2.45, 2.75) is 25.3 Å². The highest BCUT2D eigenvalue weighted by Crippen LogP contribution is 2.40. The second-order valence-corrected chi connectivity index (χ2v) is 7.49. The average Bonchev–Trinajstić information content (AvgIpc) is 2.82. The van der Waals surface area contributed by atoms with Crippen LogP contribution in [0.1, 0.15) is 29.3 Å². The van der Waals surface area contributed by atoms with Gasteiger partial charge in [-0.2, -0.15) is 0 Å². The number of halogens is 2. The van der Waals surface area contributed by atoms with Crippen molar-refractivity contribution < 1.29 is 4.74 Å². The summed E-state index contributed by atoms with van der Waals surface area (Å²) in [6.07, 6.45) is 3.47. The Morgan fingerprint density at radius 1 is 1.40 bits per heavy atom. The number of methoxy groups -OCH3 is 1. The molecular weight excluding hydrogens is 358 g/mol. The minimum atomic E-state index is 0.325. The number of benzene rings is 1. The van der Waals surface area contributed by atoms with Crippen molar-refractivity contribution >= 4 is 44.6 Å². The molecule has 0 saturated heterocycles. The molecule has 20 heavy (non-hydrogen) atoms. The van der Waals surface area contributed by atoms with Gasteiger partial charge in [0, 0.05) is 15.4 Å². The quantitative estimate of drug-likeness (QED) is 0.750. The SMILES string of the molecule is COc1ccc(Br)c(NC2CCCc3sc(Cl)cc32)c1. The smallest absolute Gasteiger partial charge is 0.121 e. The van der Waals surface area contributed by atoms with Crippen molar-refractivity contribution in [2.24, 2.45) is 0 Å². The van der Waals surface area contributed by atoms with Gasteiger partial charge in [0.15, 0.2) is 0 Å². The lowest BCUT2D eigenvalue weighted by Gasteiger charge is -2.25. The molecule has 0 fully saturated rings. The van der Waals surface area contributed by atoms with E-state index in [1.165, 1.54) is 16.9 Å². The maximum Gasteiger partial charge on any atom is 0.121 e. The highest BCUT2D eigenvalue weighted by Gasteiger charge is 2.23. The molecule has 1 aliphatic rings. The molecule has 5 heteroatoms. The fourth-order valence-electron chi connectivity index (χ4n) is 2.60. The van der Waals surface area contributed by atoms with E-state index in [1.54, 1.807) is 18.4 Å². The van der Waals surface area contributed by atoms with Gasteiger partial charge in [0.05, 0.1) is 23.2 Å². The molecule has 2 aromatic rings. The Bertz CT molecular complexity index is 628. The summed E-state index contributed by atoms with van der Waals surface area (Å²) in [6.45, 7) is 0. The molecule has 1 aliphatic carbocycles. The fraction of sp³-hybridized carbons (Fsp3) is 0.333. The lowest BCUT2D eigenvalue weighted by atomic mass is 9.94. The molecule has 0 spiro atoms. The third-order valence-electron chi connectivity index (χ3n) is 3.59. The summed E-state index contributed by atoms with van der Waals surface area (Å²) < 4.78 is 7.22. The highest BCUT2D eigenvalue weighted by atomic mass is 79.9. The van der Waals surface area contributed by atoms with Gasteiger partial charge in [-0.05, 0) is 59.0 Å². The van der Waals surface area contributed by atoms with E-state index in [2.05, 4.69) is 27.3 Å². The third-order valence-corrected chi connectivity index (χ3v) is 5.62. The first-order valence-electron chi connectivity index (χ1n) is 6.55. The van der Waals surface area contributed by atoms with Crippen LogP contribution in [0.5, 0.6) is 5.75 Å². The first-order valence-corrected chi connectivity index (χ1v) is 8.54. The molecule has 0 amide bonds. The number of anilines is 1. The molecule has 1 aromatic carbocycles. The standard InChI is InChI=1S/C15H15BrClNOS/c1-19-9-5-6-11(16)13(7-9)18-12-3-2-4-14-10(12)8-15(17)20-14/h5-8,12,18H,2-4H2,1H3. The van der Waals surface area contributed by atoms with Crippen molar-refractivity contribution in [3.05, 3.63) is 43.5 Å². The van der Waals surface area contributed by atoms with Gasteiger partial charge < -0.3 is 10.1 Å². The van der Waals surface area contributed by atoms with Crippen LogP contribution in [-0.4, -0.2) is 7.11 Å². The van der Waals surface area contributed by atoms with E-state index < -0.39 is 0 Å². The van der Waals surface area contributed by atoms with E-state index in [4.69, 9.17) is 16.3 Å². The number of aryl methyl sites for hydroxylation is 1. The maximum atomic E-state index is 6.16. The molecular formula is C15H15BrClNOS. The summed E-state index contributed by atoms with van der Waals surface area (Å²) in [5.41, 5.74) is 2.41. The van der Waals surface area contributed by atoms with Gasteiger partial charge >= 0.3 is 0 Å². The third kappa shape index (κ3) is 2.83. The minimum absolute atomic E-state index is 0.325. The van der Waals surface area contributed by atoms with E-state index in [9.17, 15) is 0 Å². The van der Waals surface area contributed by atoms with Crippen LogP contribution in [0.4, 0.5) is 5.69 Å². The summed E-state index contributed by atoms with van der Waals surface area (Å²) >= 11 is 11.5. The van der Waals surface area contributed by atoms with Crippen molar-refractivity contribution in [3.8, 4) is 5.75 Å². The van der Waals surface area contributed by atoms with Crippen LogP contribution in [0.3, 0.4) is 0 Å². The predicted octanol–water partition coefficient (Wildman–Crippen LogP) is 5.66. The molecule has 1 atom stereocenters. The van der Waals surface area contributed by atoms with Crippen molar-refractivity contribution in [1.82, 2.24) is 0 Å². The normalized spacial score (nSPS) is 17.6. The summed E-state index contributed by atoms with van der Waals surface area (Å²) in [4.78, 5) is 1.41. The number of hydrogen-bond donors (Lipinski definition) is 1. The number of ether oxygens (including phenoxy) is 1. The van der Waals surface area contributed by atoms with Gasteiger partial charge in [-0.25, -0.2) is 0 Å². The lowest BCUT2D eigenvalue weighted by Crippen LogP contribution is -2.15. The first-order chi connectivity index (χ1) is 9.67. The molecule has 1 aromatic heterocycles. The molecule has 0 bridgehead atoms. The van der Waals surface area contributed by atoms with E-state index in [1.807, 2.05) is 18.2 Å². The Balaban J connectivity index is 1.88. The number of nitrogens with one attached hydrogen (secondary N) is 1. The van der Waals surface area contributed by atoms with E-state index in [-0.39, 0.29) is 0 Å². The van der Waals surface area contributed by atoms with E-state index >= 15 is 0 Å². The maximum absolute atomic E-state index is 6.16. The average molecular weight is 373 g/mol. The van der Waals surface area contributed by atoms with Crippen molar-refractivity contribution in [2.75, 3.05) is 12.4 Å². The topological polar surface area (TPSA) is 21.3 Å². The van der Waals surface area contributed by atoms with Crippen LogP contribution in [0, 0.1) is 0 Å². The monoisotopic (exact) mass is 371 g/mol. The predicted molar refractivity (Wildman–Crippen MR) is 89.3 cm³/mol. The van der Waals surface area contributed by atoms with E-state index in [0.29, 0.717) is 6.04 Å². The van der Waals surface area contributed by atoms with Gasteiger partial charge in [-0.15, -0.1) is 11.3 Å². The summed E-state index contributed by atoms with van der Waals surface area (Å²) in [6, 6.07) is 8.40. The van der Waals surface area contributed by atoms with Crippen LogP contribution in [0.2, 0.25) is 4.34 Å². The number of fused-ring (bicyclic) bond motifs is 1. The van der Waals surface area contributed by atoms with E-state index in [0.717, 1.165) is 33.1 Å². The molecule has 0 radical (unpaired) electrons. The number of rotatable bonds is 3. The van der Waals surface area contributed by atoms with Crippen LogP contribution < -0.4 is 10.1 Å². The van der Waals surface area contributed by atoms with Gasteiger partial charge in [0.25, 0.3) is 0 Å². The Labute approximate surface area is 136 Å². The highest BCUT2D eigenvalue weighted by molar-refractivity contribution is 9.10. The van der Waals surface area contributed by atoms with Gasteiger partial charge in [-0.1, -0.05) is 11.6 Å². The van der Waals surface area contributed by atoms with Crippen LogP contribution in [-0.2, 0) is 6.42 Å². The zero-order valence-electron chi connectivity index (χ0n) is 11.1. The Kier molecular flexibility index (Phi) is 4.24. The lowest BCUT2D eigenvalue weighted by molar-refractivity contribution is 0.415. The number of hydrogen-bond acceptors (Lipinski definition) is 3. The fourth-order valence-corrected chi connectivity index (χ4v) is 4.35. The van der Waals surface area contributed by atoms with Gasteiger partial charge in [-0.3, -0.25) is 0 Å². The van der Waals surface area contributed by atoms with Crippen LogP contribution >= 0.6 is 38.9 Å². The van der Waals surface area contributed by atoms with Gasteiger partial charge in [0.1, 0.15) is 5.75 Å². The molecule has 0 aliphatic heterocycles. The van der Waals surface area contributed by atoms with Crippen molar-refractivity contribution in [3.63, 3.8) is 0 Å². The zero-order chi connectivity index (χ0) is 14.1. The Morgan fingerprint density at radius 3 is 3.05 bits per heavy atom. The minimum Gasteiger partial charge on any atom is -0.497 e. The van der Waals surface area contributed by atoms with Crippen LogP contribution in [0.25, 0.3) is 0 Å². The summed E-state index contributed by atoms with van der Waals surface area (Å²) in [5, 5.41) is 3.61. The molecule has 106 valence electrons. The second-order valence-electron chi connectivity index (χ2n) is 4.86. The molecule has 2 nitrogen and oxygen atoms in total. The summed E-state index contributed by atoms with van der Waals surface area (Å²) in [5.74, 6) is 0.857. The molecule has 0 saturated carbocycles. The zero-order valence-corrected chi connectivity index (χ0v) is 14.2. The molecule has 1 unspecified atom stereocenters. The van der Waals surface area contributed by atoms with Crippen molar-refractivity contribution in [1.29, 1.82) is 0 Å². The largest absolute Gasteiger partial charge is 0.497 e. The van der Waals surface area contributed by atoms with Crippen LogP contribution in [0.15, 0.2) is 28.7 Å². The molecule has 3 rings (SSSR count).